The van der Waals surface area contributed by atoms with Crippen molar-refractivity contribution in [3.63, 3.8) is 0 Å². The summed E-state index contributed by atoms with van der Waals surface area (Å²) in [5.74, 6) is 0.758. The summed E-state index contributed by atoms with van der Waals surface area (Å²) in [4.78, 5) is 13.9. The van der Waals surface area contributed by atoms with Gasteiger partial charge in [-0.25, -0.2) is 8.42 Å². The van der Waals surface area contributed by atoms with Gasteiger partial charge in [0.15, 0.2) is 0 Å². The average molecular weight is 290 g/mol. The van der Waals surface area contributed by atoms with E-state index in [1.54, 1.807) is 0 Å². The third-order valence-electron chi connectivity index (χ3n) is 3.68. The van der Waals surface area contributed by atoms with E-state index in [0.717, 1.165) is 25.9 Å². The van der Waals surface area contributed by atoms with Crippen LogP contribution in [0.4, 0.5) is 0 Å². The number of hydrogen-bond acceptors (Lipinski definition) is 3. The topological polar surface area (TPSA) is 57.7 Å². The van der Waals surface area contributed by atoms with Gasteiger partial charge in [0, 0.05) is 32.1 Å². The molecule has 1 rings (SSSR count). The first-order valence-electron chi connectivity index (χ1n) is 6.96. The maximum Gasteiger partial charge on any atom is 0.223 e. The van der Waals surface area contributed by atoms with Crippen LogP contribution < -0.4 is 0 Å². The van der Waals surface area contributed by atoms with Crippen molar-refractivity contribution in [3.8, 4) is 0 Å². The van der Waals surface area contributed by atoms with Gasteiger partial charge in [-0.3, -0.25) is 4.79 Å². The molecule has 0 unspecified atom stereocenters. The van der Waals surface area contributed by atoms with E-state index >= 15 is 0 Å². The number of carbonyl (C=O) groups is 1. The molecule has 0 atom stereocenters. The second-order valence-electron chi connectivity index (χ2n) is 5.78. The fourth-order valence-electron chi connectivity index (χ4n) is 2.43. The quantitative estimate of drug-likeness (QED) is 0.767. The number of carbonyl (C=O) groups excluding carboxylic acids is 1. The Balaban J connectivity index is 2.49. The van der Waals surface area contributed by atoms with Crippen LogP contribution in [0, 0.1) is 5.92 Å². The molecule has 0 aliphatic carbocycles. The van der Waals surface area contributed by atoms with Crippen LogP contribution in [-0.2, 0) is 14.8 Å². The molecule has 6 heteroatoms. The van der Waals surface area contributed by atoms with Crippen LogP contribution in [0.5, 0.6) is 0 Å². The maximum atomic E-state index is 12.1. The minimum atomic E-state index is -3.24. The zero-order chi connectivity index (χ0) is 14.6. The van der Waals surface area contributed by atoms with E-state index in [2.05, 4.69) is 6.92 Å². The molecule has 1 saturated heterocycles. The lowest BCUT2D eigenvalue weighted by molar-refractivity contribution is -0.132. The molecule has 1 aliphatic rings. The molecule has 0 spiro atoms. The fraction of sp³-hybridized carbons (Fsp3) is 0.923. The van der Waals surface area contributed by atoms with Gasteiger partial charge in [-0.15, -0.1) is 0 Å². The Morgan fingerprint density at radius 2 is 1.84 bits per heavy atom. The highest BCUT2D eigenvalue weighted by molar-refractivity contribution is 7.88. The highest BCUT2D eigenvalue weighted by Crippen LogP contribution is 2.17. The number of piperidine rings is 1. The largest absolute Gasteiger partial charge is 0.343 e. The minimum absolute atomic E-state index is 0.0706. The molecule has 112 valence electrons. The number of rotatable bonds is 5. The monoisotopic (exact) mass is 290 g/mol. The molecule has 0 N–H and O–H groups in total. The molecule has 1 aliphatic heterocycles. The van der Waals surface area contributed by atoms with Crippen molar-refractivity contribution in [3.05, 3.63) is 0 Å². The normalized spacial score (nSPS) is 18.3. The molecule has 0 saturated carbocycles. The van der Waals surface area contributed by atoms with E-state index in [9.17, 15) is 13.2 Å². The average Bonchev–Trinajstić information content (AvgIpc) is 2.27. The molecule has 0 aromatic heterocycles. The number of amides is 1. The Bertz CT molecular complexity index is 398. The Hall–Kier alpha value is -0.620. The Kier molecular flexibility index (Phi) is 5.80. The van der Waals surface area contributed by atoms with Gasteiger partial charge in [0.25, 0.3) is 0 Å². The SMILES string of the molecule is CC1CCN(C(=O)CCN(C(C)C)S(C)(=O)=O)CC1. The second-order valence-corrected chi connectivity index (χ2v) is 7.72. The number of nitrogens with zero attached hydrogens (tertiary/aromatic N) is 2. The van der Waals surface area contributed by atoms with Gasteiger partial charge in [0.05, 0.1) is 6.26 Å². The maximum absolute atomic E-state index is 12.1. The van der Waals surface area contributed by atoms with Gasteiger partial charge >= 0.3 is 0 Å². The van der Waals surface area contributed by atoms with Gasteiger partial charge in [0.1, 0.15) is 0 Å². The van der Waals surface area contributed by atoms with Gasteiger partial charge in [-0.05, 0) is 32.6 Å². The van der Waals surface area contributed by atoms with Crippen LogP contribution >= 0.6 is 0 Å². The smallest absolute Gasteiger partial charge is 0.223 e. The molecule has 1 fully saturated rings. The van der Waals surface area contributed by atoms with E-state index in [1.807, 2.05) is 18.7 Å². The summed E-state index contributed by atoms with van der Waals surface area (Å²) in [6.45, 7) is 7.75. The summed E-state index contributed by atoms with van der Waals surface area (Å²) in [6.07, 6.45) is 3.57. The van der Waals surface area contributed by atoms with Crippen LogP contribution in [0.1, 0.15) is 40.0 Å². The zero-order valence-corrected chi connectivity index (χ0v) is 13.2. The van der Waals surface area contributed by atoms with E-state index in [0.29, 0.717) is 5.92 Å². The highest BCUT2D eigenvalue weighted by Gasteiger charge is 2.24. The van der Waals surface area contributed by atoms with Gasteiger partial charge < -0.3 is 4.90 Å². The third-order valence-corrected chi connectivity index (χ3v) is 5.14. The fourth-order valence-corrected chi connectivity index (χ4v) is 3.62. The second kappa shape index (κ2) is 6.70. The molecule has 0 aromatic carbocycles. The first-order valence-corrected chi connectivity index (χ1v) is 8.81. The Morgan fingerprint density at radius 3 is 2.26 bits per heavy atom. The summed E-state index contributed by atoms with van der Waals surface area (Å²) in [7, 11) is -3.24. The van der Waals surface area contributed by atoms with E-state index in [1.165, 1.54) is 10.6 Å². The molecule has 1 heterocycles. The summed E-state index contributed by atoms with van der Waals surface area (Å²) < 4.78 is 24.6. The van der Waals surface area contributed by atoms with Crippen molar-refractivity contribution in [2.24, 2.45) is 5.92 Å². The number of hydrogen-bond donors (Lipinski definition) is 0. The lowest BCUT2D eigenvalue weighted by Gasteiger charge is -2.31. The Morgan fingerprint density at radius 1 is 1.32 bits per heavy atom. The van der Waals surface area contributed by atoms with Gasteiger partial charge in [-0.1, -0.05) is 6.92 Å². The van der Waals surface area contributed by atoms with Crippen LogP contribution in [0.25, 0.3) is 0 Å². The summed E-state index contributed by atoms with van der Waals surface area (Å²) in [6, 6.07) is -0.107. The van der Waals surface area contributed by atoms with Crippen molar-refractivity contribution in [2.75, 3.05) is 25.9 Å². The third kappa shape index (κ3) is 5.10. The molecule has 0 radical (unpaired) electrons. The molecule has 1 amide bonds. The summed E-state index contributed by atoms with van der Waals surface area (Å²) in [5.41, 5.74) is 0. The molecule has 0 bridgehead atoms. The zero-order valence-electron chi connectivity index (χ0n) is 12.4. The number of likely N-dealkylation sites (tertiary alicyclic amines) is 1. The predicted octanol–water partition coefficient (Wildman–Crippen LogP) is 1.31. The van der Waals surface area contributed by atoms with Crippen molar-refractivity contribution in [2.45, 2.75) is 46.1 Å². The van der Waals surface area contributed by atoms with Crippen molar-refractivity contribution in [1.82, 2.24) is 9.21 Å². The molecule has 19 heavy (non-hydrogen) atoms. The molecular weight excluding hydrogens is 264 g/mol. The van der Waals surface area contributed by atoms with Crippen LogP contribution in [0.2, 0.25) is 0 Å². The minimum Gasteiger partial charge on any atom is -0.343 e. The van der Waals surface area contributed by atoms with Crippen molar-refractivity contribution in [1.29, 1.82) is 0 Å². The standard InChI is InChI=1S/C13H26N2O3S/c1-11(2)15(19(4,17)18)10-7-13(16)14-8-5-12(3)6-9-14/h11-12H,5-10H2,1-4H3. The first-order chi connectivity index (χ1) is 8.71. The first kappa shape index (κ1) is 16.4. The Labute approximate surface area is 117 Å². The highest BCUT2D eigenvalue weighted by atomic mass is 32.2. The van der Waals surface area contributed by atoms with E-state index < -0.39 is 10.0 Å². The van der Waals surface area contributed by atoms with Crippen molar-refractivity contribution < 1.29 is 13.2 Å². The summed E-state index contributed by atoms with van der Waals surface area (Å²) >= 11 is 0. The van der Waals surface area contributed by atoms with E-state index in [4.69, 9.17) is 0 Å². The molecular formula is C13H26N2O3S. The molecule has 5 nitrogen and oxygen atoms in total. The summed E-state index contributed by atoms with van der Waals surface area (Å²) in [5, 5.41) is 0. The molecule has 0 aromatic rings. The van der Waals surface area contributed by atoms with Gasteiger partial charge in [0.2, 0.25) is 15.9 Å². The predicted molar refractivity (Wildman–Crippen MR) is 76.3 cm³/mol. The van der Waals surface area contributed by atoms with E-state index in [-0.39, 0.29) is 24.9 Å². The van der Waals surface area contributed by atoms with Gasteiger partial charge in [-0.2, -0.15) is 4.31 Å². The number of sulfonamides is 1. The van der Waals surface area contributed by atoms with Crippen molar-refractivity contribution >= 4 is 15.9 Å². The van der Waals surface area contributed by atoms with Crippen LogP contribution in [-0.4, -0.2) is 55.5 Å². The lowest BCUT2D eigenvalue weighted by Crippen LogP contribution is -2.42. The van der Waals surface area contributed by atoms with Crippen LogP contribution in [0.15, 0.2) is 0 Å². The lowest BCUT2D eigenvalue weighted by atomic mass is 9.99. The van der Waals surface area contributed by atoms with Crippen LogP contribution in [0.3, 0.4) is 0 Å².